The Hall–Kier alpha value is -3.43. The number of anilines is 1. The maximum absolute atomic E-state index is 13.1. The highest BCUT2D eigenvalue weighted by Crippen LogP contribution is 2.23. The number of hydrogen-bond donors (Lipinski definition) is 3. The SMILES string of the molecule is Bc1ccc(NC(=O)C(Cc2ccc(C(=O)NCCS(=O)(=O)O)cc2)c2ccccc2)cc1. The first-order valence-electron chi connectivity index (χ1n) is 10.5. The fourth-order valence-electron chi connectivity index (χ4n) is 3.34. The van der Waals surface area contributed by atoms with E-state index in [0.29, 0.717) is 12.0 Å². The molecular formula is C24H25BN2O5S. The van der Waals surface area contributed by atoms with Crippen LogP contribution in [0.3, 0.4) is 0 Å². The fourth-order valence-corrected chi connectivity index (χ4v) is 3.70. The lowest BCUT2D eigenvalue weighted by atomic mass is 9.90. The van der Waals surface area contributed by atoms with Crippen LogP contribution >= 0.6 is 0 Å². The van der Waals surface area contributed by atoms with Gasteiger partial charge >= 0.3 is 0 Å². The van der Waals surface area contributed by atoms with E-state index >= 15 is 0 Å². The summed E-state index contributed by atoms with van der Waals surface area (Å²) in [7, 11) is -2.15. The van der Waals surface area contributed by atoms with Crippen molar-refractivity contribution in [3.63, 3.8) is 0 Å². The van der Waals surface area contributed by atoms with Gasteiger partial charge in [0.1, 0.15) is 7.85 Å². The van der Waals surface area contributed by atoms with Crippen molar-refractivity contribution in [2.45, 2.75) is 12.3 Å². The summed E-state index contributed by atoms with van der Waals surface area (Å²) in [5.74, 6) is -1.55. The summed E-state index contributed by atoms with van der Waals surface area (Å²) < 4.78 is 30.3. The van der Waals surface area contributed by atoms with Gasteiger partial charge in [-0.3, -0.25) is 14.1 Å². The summed E-state index contributed by atoms with van der Waals surface area (Å²) in [6, 6.07) is 23.9. The van der Waals surface area contributed by atoms with E-state index in [9.17, 15) is 18.0 Å². The van der Waals surface area contributed by atoms with Gasteiger partial charge in [-0.05, 0) is 41.8 Å². The molecule has 0 aliphatic rings. The van der Waals surface area contributed by atoms with E-state index in [-0.39, 0.29) is 12.5 Å². The van der Waals surface area contributed by atoms with Gasteiger partial charge in [-0.2, -0.15) is 8.42 Å². The van der Waals surface area contributed by atoms with Crippen LogP contribution in [0.25, 0.3) is 0 Å². The molecule has 0 saturated heterocycles. The van der Waals surface area contributed by atoms with Gasteiger partial charge in [-0.25, -0.2) is 0 Å². The Kier molecular flexibility index (Phi) is 8.03. The number of carbonyl (C=O) groups excluding carboxylic acids is 2. The molecule has 1 atom stereocenters. The van der Waals surface area contributed by atoms with Crippen LogP contribution in [0.15, 0.2) is 78.9 Å². The van der Waals surface area contributed by atoms with Gasteiger partial charge < -0.3 is 10.6 Å². The maximum atomic E-state index is 13.1. The monoisotopic (exact) mass is 464 g/mol. The molecule has 0 aromatic heterocycles. The van der Waals surface area contributed by atoms with Crippen molar-refractivity contribution in [1.82, 2.24) is 5.32 Å². The number of amides is 2. The number of carbonyl (C=O) groups is 2. The van der Waals surface area contributed by atoms with Crippen molar-refractivity contribution in [2.75, 3.05) is 17.6 Å². The molecule has 0 heterocycles. The second-order valence-electron chi connectivity index (χ2n) is 7.76. The highest BCUT2D eigenvalue weighted by Gasteiger charge is 2.21. The van der Waals surface area contributed by atoms with Crippen LogP contribution in [0.2, 0.25) is 0 Å². The van der Waals surface area contributed by atoms with E-state index in [4.69, 9.17) is 4.55 Å². The van der Waals surface area contributed by atoms with Gasteiger partial charge in [0.2, 0.25) is 5.91 Å². The minimum absolute atomic E-state index is 0.128. The fraction of sp³-hybridized carbons (Fsp3) is 0.167. The molecule has 3 aromatic rings. The predicted molar refractivity (Wildman–Crippen MR) is 131 cm³/mol. The first kappa shape index (κ1) is 24.2. The summed E-state index contributed by atoms with van der Waals surface area (Å²) >= 11 is 0. The highest BCUT2D eigenvalue weighted by atomic mass is 32.2. The van der Waals surface area contributed by atoms with Crippen molar-refractivity contribution in [2.24, 2.45) is 0 Å². The molecule has 3 N–H and O–H groups in total. The van der Waals surface area contributed by atoms with Crippen molar-refractivity contribution in [1.29, 1.82) is 0 Å². The van der Waals surface area contributed by atoms with E-state index < -0.39 is 27.7 Å². The van der Waals surface area contributed by atoms with E-state index in [0.717, 1.165) is 22.3 Å². The van der Waals surface area contributed by atoms with Crippen LogP contribution < -0.4 is 16.1 Å². The second kappa shape index (κ2) is 10.9. The van der Waals surface area contributed by atoms with Crippen molar-refractivity contribution < 1.29 is 22.6 Å². The summed E-state index contributed by atoms with van der Waals surface area (Å²) in [5, 5.41) is 5.43. The van der Waals surface area contributed by atoms with Crippen LogP contribution in [0.5, 0.6) is 0 Å². The normalized spacial score (nSPS) is 12.0. The topological polar surface area (TPSA) is 113 Å². The van der Waals surface area contributed by atoms with Crippen LogP contribution in [0, 0.1) is 0 Å². The average molecular weight is 464 g/mol. The van der Waals surface area contributed by atoms with E-state index in [1.807, 2.05) is 62.4 Å². The third-order valence-corrected chi connectivity index (χ3v) is 5.86. The Morgan fingerprint density at radius 2 is 1.55 bits per heavy atom. The first-order chi connectivity index (χ1) is 15.7. The summed E-state index contributed by atoms with van der Waals surface area (Å²) in [6.07, 6.45) is 0.437. The molecule has 3 aromatic carbocycles. The zero-order valence-corrected chi connectivity index (χ0v) is 19.0. The third kappa shape index (κ3) is 7.59. The van der Waals surface area contributed by atoms with Crippen molar-refractivity contribution in [3.05, 3.63) is 95.6 Å². The molecule has 0 radical (unpaired) electrons. The van der Waals surface area contributed by atoms with Gasteiger partial charge in [0.05, 0.1) is 11.7 Å². The molecule has 0 bridgehead atoms. The zero-order chi connectivity index (χ0) is 23.8. The number of nitrogens with one attached hydrogen (secondary N) is 2. The lowest BCUT2D eigenvalue weighted by Crippen LogP contribution is -2.28. The van der Waals surface area contributed by atoms with Gasteiger partial charge in [0, 0.05) is 17.8 Å². The molecule has 0 fully saturated rings. The molecule has 0 spiro atoms. The minimum atomic E-state index is -4.13. The molecule has 33 heavy (non-hydrogen) atoms. The van der Waals surface area contributed by atoms with Gasteiger partial charge in [-0.1, -0.05) is 60.1 Å². The van der Waals surface area contributed by atoms with Crippen LogP contribution in [0.1, 0.15) is 27.4 Å². The number of hydrogen-bond acceptors (Lipinski definition) is 4. The Morgan fingerprint density at radius 3 is 2.15 bits per heavy atom. The molecule has 0 saturated carbocycles. The van der Waals surface area contributed by atoms with Crippen LogP contribution in [-0.4, -0.2) is 44.9 Å². The predicted octanol–water partition coefficient (Wildman–Crippen LogP) is 1.53. The molecular weight excluding hydrogens is 439 g/mol. The van der Waals surface area contributed by atoms with Crippen LogP contribution in [-0.2, 0) is 21.3 Å². The van der Waals surface area contributed by atoms with Crippen LogP contribution in [0.4, 0.5) is 5.69 Å². The summed E-state index contributed by atoms with van der Waals surface area (Å²) in [5.41, 5.74) is 3.94. The number of benzene rings is 3. The standard InChI is InChI=1S/C24H25BN2O5S/c25-20-10-12-21(13-11-20)27-24(29)22(18-4-2-1-3-5-18)16-17-6-8-19(9-7-17)23(28)26-14-15-33(30,31)32/h1-13,22H,14-16,25H2,(H,26,28)(H,27,29)(H,30,31,32). The van der Waals surface area contributed by atoms with Gasteiger partial charge in [-0.15, -0.1) is 0 Å². The summed E-state index contributed by atoms with van der Waals surface area (Å²) in [4.78, 5) is 25.3. The highest BCUT2D eigenvalue weighted by molar-refractivity contribution is 7.85. The molecule has 2 amide bonds. The smallest absolute Gasteiger partial charge is 0.266 e. The van der Waals surface area contributed by atoms with Crippen molar-refractivity contribution in [3.8, 4) is 0 Å². The molecule has 3 rings (SSSR count). The molecule has 1 unspecified atom stereocenters. The Morgan fingerprint density at radius 1 is 0.909 bits per heavy atom. The quantitative estimate of drug-likeness (QED) is 0.329. The van der Waals surface area contributed by atoms with E-state index in [1.54, 1.807) is 24.3 Å². The van der Waals surface area contributed by atoms with E-state index in [2.05, 4.69) is 10.6 Å². The first-order valence-corrected chi connectivity index (χ1v) is 12.1. The molecule has 9 heteroatoms. The molecule has 0 aliphatic heterocycles. The number of rotatable bonds is 9. The Bertz CT molecular complexity index is 1200. The second-order valence-corrected chi connectivity index (χ2v) is 9.33. The van der Waals surface area contributed by atoms with E-state index in [1.165, 1.54) is 0 Å². The molecule has 0 aliphatic carbocycles. The Balaban J connectivity index is 1.71. The zero-order valence-electron chi connectivity index (χ0n) is 18.2. The maximum Gasteiger partial charge on any atom is 0.266 e. The minimum Gasteiger partial charge on any atom is -0.351 e. The lowest BCUT2D eigenvalue weighted by molar-refractivity contribution is -0.117. The van der Waals surface area contributed by atoms with Gasteiger partial charge in [0.15, 0.2) is 0 Å². The lowest BCUT2D eigenvalue weighted by Gasteiger charge is -2.18. The molecule has 170 valence electrons. The Labute approximate surface area is 194 Å². The molecule has 7 nitrogen and oxygen atoms in total. The third-order valence-electron chi connectivity index (χ3n) is 5.14. The average Bonchev–Trinajstić information content (AvgIpc) is 2.79. The van der Waals surface area contributed by atoms with Crippen molar-refractivity contribution >= 4 is 40.9 Å². The summed E-state index contributed by atoms with van der Waals surface area (Å²) in [6.45, 7) is -0.186. The largest absolute Gasteiger partial charge is 0.351 e. The van der Waals surface area contributed by atoms with Gasteiger partial charge in [0.25, 0.3) is 16.0 Å².